The van der Waals surface area contributed by atoms with Gasteiger partial charge in [0.2, 0.25) is 0 Å². The Morgan fingerprint density at radius 1 is 1.62 bits per heavy atom. The lowest BCUT2D eigenvalue weighted by molar-refractivity contribution is 0.0682. The SMILES string of the molecule is CC(CO)N(C)C(=O)c1ccc(F)c(Cl)c1. The number of hydrogen-bond donors (Lipinski definition) is 1. The van der Waals surface area contributed by atoms with Gasteiger partial charge in [0.1, 0.15) is 5.82 Å². The van der Waals surface area contributed by atoms with Crippen molar-refractivity contribution in [3.8, 4) is 0 Å². The highest BCUT2D eigenvalue weighted by Gasteiger charge is 2.17. The number of benzene rings is 1. The third kappa shape index (κ3) is 2.71. The van der Waals surface area contributed by atoms with Gasteiger partial charge in [0.15, 0.2) is 0 Å². The first kappa shape index (κ1) is 12.9. The maximum Gasteiger partial charge on any atom is 0.253 e. The molecule has 0 spiro atoms. The molecule has 0 aliphatic carbocycles. The van der Waals surface area contributed by atoms with E-state index in [1.807, 2.05) is 0 Å². The van der Waals surface area contributed by atoms with Crippen molar-refractivity contribution in [2.45, 2.75) is 13.0 Å². The largest absolute Gasteiger partial charge is 0.394 e. The molecule has 1 aromatic rings. The molecular weight excluding hydrogens is 233 g/mol. The highest BCUT2D eigenvalue weighted by Crippen LogP contribution is 2.17. The fraction of sp³-hybridized carbons (Fsp3) is 0.364. The summed E-state index contributed by atoms with van der Waals surface area (Å²) in [5.41, 5.74) is 0.300. The van der Waals surface area contributed by atoms with Crippen LogP contribution in [0.25, 0.3) is 0 Å². The monoisotopic (exact) mass is 245 g/mol. The van der Waals surface area contributed by atoms with Crippen LogP contribution in [0.4, 0.5) is 4.39 Å². The molecule has 0 heterocycles. The molecule has 0 fully saturated rings. The summed E-state index contributed by atoms with van der Waals surface area (Å²) in [6, 6.07) is 3.49. The first-order valence-corrected chi connectivity index (χ1v) is 5.18. The second kappa shape index (κ2) is 5.27. The van der Waals surface area contributed by atoms with E-state index in [0.29, 0.717) is 5.56 Å². The maximum atomic E-state index is 12.9. The Labute approximate surface area is 98.4 Å². The van der Waals surface area contributed by atoms with Crippen LogP contribution in [0.5, 0.6) is 0 Å². The second-order valence-electron chi connectivity index (χ2n) is 3.58. The number of aliphatic hydroxyl groups is 1. The number of halogens is 2. The molecule has 1 atom stereocenters. The summed E-state index contributed by atoms with van der Waals surface area (Å²) in [6.07, 6.45) is 0. The Balaban J connectivity index is 2.92. The van der Waals surface area contributed by atoms with Gasteiger partial charge in [-0.1, -0.05) is 11.6 Å². The number of nitrogens with zero attached hydrogens (tertiary/aromatic N) is 1. The third-order valence-electron chi connectivity index (χ3n) is 2.41. The predicted octanol–water partition coefficient (Wildman–Crippen LogP) is 1.93. The summed E-state index contributed by atoms with van der Waals surface area (Å²) in [5.74, 6) is -0.862. The van der Waals surface area contributed by atoms with Gasteiger partial charge in [-0.2, -0.15) is 0 Å². The van der Waals surface area contributed by atoms with Crippen LogP contribution in [-0.4, -0.2) is 35.6 Å². The van der Waals surface area contributed by atoms with Gasteiger partial charge in [-0.05, 0) is 25.1 Å². The fourth-order valence-electron chi connectivity index (χ4n) is 1.16. The molecular formula is C11H13ClFNO2. The second-order valence-corrected chi connectivity index (χ2v) is 3.98. The Bertz CT molecular complexity index is 398. The van der Waals surface area contributed by atoms with E-state index in [0.717, 1.165) is 6.07 Å². The molecule has 1 aromatic carbocycles. The third-order valence-corrected chi connectivity index (χ3v) is 2.70. The Morgan fingerprint density at radius 3 is 2.75 bits per heavy atom. The van der Waals surface area contributed by atoms with Crippen LogP contribution in [0, 0.1) is 5.82 Å². The van der Waals surface area contributed by atoms with Gasteiger partial charge >= 0.3 is 0 Å². The first-order chi connectivity index (χ1) is 7.47. The summed E-state index contributed by atoms with van der Waals surface area (Å²) in [5, 5.41) is 8.83. The lowest BCUT2D eigenvalue weighted by atomic mass is 10.2. The molecule has 1 amide bonds. The minimum absolute atomic E-state index is 0.0871. The number of carbonyl (C=O) groups is 1. The molecule has 0 saturated heterocycles. The van der Waals surface area contributed by atoms with Gasteiger partial charge in [0, 0.05) is 12.6 Å². The van der Waals surface area contributed by atoms with E-state index in [9.17, 15) is 9.18 Å². The molecule has 88 valence electrons. The van der Waals surface area contributed by atoms with Crippen LogP contribution >= 0.6 is 11.6 Å². The number of amides is 1. The topological polar surface area (TPSA) is 40.5 Å². The van der Waals surface area contributed by atoms with Crippen molar-refractivity contribution in [2.75, 3.05) is 13.7 Å². The van der Waals surface area contributed by atoms with E-state index in [1.165, 1.54) is 17.0 Å². The van der Waals surface area contributed by atoms with Gasteiger partial charge in [-0.25, -0.2) is 4.39 Å². The summed E-state index contributed by atoms with van der Waals surface area (Å²) in [7, 11) is 1.57. The van der Waals surface area contributed by atoms with E-state index in [1.54, 1.807) is 14.0 Å². The Morgan fingerprint density at radius 2 is 2.25 bits per heavy atom. The molecule has 5 heteroatoms. The average Bonchev–Trinajstić information content (AvgIpc) is 2.29. The summed E-state index contributed by atoms with van der Waals surface area (Å²) in [4.78, 5) is 13.2. The van der Waals surface area contributed by atoms with Crippen molar-refractivity contribution in [1.29, 1.82) is 0 Å². The first-order valence-electron chi connectivity index (χ1n) is 4.80. The normalized spacial score (nSPS) is 12.3. The fourth-order valence-corrected chi connectivity index (χ4v) is 1.34. The van der Waals surface area contributed by atoms with Gasteiger partial charge < -0.3 is 10.0 Å². The summed E-state index contributed by atoms with van der Waals surface area (Å²) in [6.45, 7) is 1.58. The lowest BCUT2D eigenvalue weighted by Gasteiger charge is -2.23. The standard InChI is InChI=1S/C11H13ClFNO2/c1-7(6-15)14(2)11(16)8-3-4-10(13)9(12)5-8/h3-5,7,15H,6H2,1-2H3. The number of rotatable bonds is 3. The van der Waals surface area contributed by atoms with Crippen molar-refractivity contribution in [2.24, 2.45) is 0 Å². The summed E-state index contributed by atoms with van der Waals surface area (Å²) < 4.78 is 12.9. The van der Waals surface area contributed by atoms with Crippen molar-refractivity contribution in [3.05, 3.63) is 34.6 Å². The van der Waals surface area contributed by atoms with Gasteiger partial charge in [0.25, 0.3) is 5.91 Å². The lowest BCUT2D eigenvalue weighted by Crippen LogP contribution is -2.37. The van der Waals surface area contributed by atoms with Crippen LogP contribution in [0.3, 0.4) is 0 Å². The Hall–Kier alpha value is -1.13. The van der Waals surface area contributed by atoms with E-state index in [2.05, 4.69) is 0 Å². The van der Waals surface area contributed by atoms with Crippen LogP contribution in [-0.2, 0) is 0 Å². The van der Waals surface area contributed by atoms with Gasteiger partial charge in [0.05, 0.1) is 17.7 Å². The number of hydrogen-bond acceptors (Lipinski definition) is 2. The van der Waals surface area contributed by atoms with Crippen molar-refractivity contribution < 1.29 is 14.3 Å². The molecule has 0 aromatic heterocycles. The number of likely N-dealkylation sites (N-methyl/N-ethyl adjacent to an activating group) is 1. The quantitative estimate of drug-likeness (QED) is 0.884. The van der Waals surface area contributed by atoms with E-state index in [4.69, 9.17) is 16.7 Å². The molecule has 0 aliphatic rings. The zero-order valence-corrected chi connectivity index (χ0v) is 9.83. The van der Waals surface area contributed by atoms with E-state index < -0.39 is 5.82 Å². The zero-order chi connectivity index (χ0) is 12.3. The minimum Gasteiger partial charge on any atom is -0.394 e. The highest BCUT2D eigenvalue weighted by atomic mass is 35.5. The van der Waals surface area contributed by atoms with Crippen molar-refractivity contribution in [3.63, 3.8) is 0 Å². The van der Waals surface area contributed by atoms with Crippen LogP contribution in [0.2, 0.25) is 5.02 Å². The molecule has 16 heavy (non-hydrogen) atoms. The van der Waals surface area contributed by atoms with Crippen molar-refractivity contribution >= 4 is 17.5 Å². The average molecular weight is 246 g/mol. The number of aliphatic hydroxyl groups excluding tert-OH is 1. The minimum atomic E-state index is -0.559. The molecule has 0 radical (unpaired) electrons. The van der Waals surface area contributed by atoms with Crippen LogP contribution in [0.15, 0.2) is 18.2 Å². The molecule has 1 N–H and O–H groups in total. The predicted molar refractivity (Wildman–Crippen MR) is 60.1 cm³/mol. The molecule has 0 aliphatic heterocycles. The molecule has 3 nitrogen and oxygen atoms in total. The maximum absolute atomic E-state index is 12.9. The van der Waals surface area contributed by atoms with Crippen molar-refractivity contribution in [1.82, 2.24) is 4.90 Å². The summed E-state index contributed by atoms with van der Waals surface area (Å²) >= 11 is 5.58. The molecule has 0 saturated carbocycles. The highest BCUT2D eigenvalue weighted by molar-refractivity contribution is 6.31. The van der Waals surface area contributed by atoms with E-state index >= 15 is 0 Å². The molecule has 1 unspecified atom stereocenters. The van der Waals surface area contributed by atoms with Gasteiger partial charge in [-0.15, -0.1) is 0 Å². The van der Waals surface area contributed by atoms with Crippen LogP contribution in [0.1, 0.15) is 17.3 Å². The van der Waals surface area contributed by atoms with Gasteiger partial charge in [-0.3, -0.25) is 4.79 Å². The number of carbonyl (C=O) groups excluding carboxylic acids is 1. The van der Waals surface area contributed by atoms with Crippen LogP contribution < -0.4 is 0 Å². The van der Waals surface area contributed by atoms with E-state index in [-0.39, 0.29) is 23.6 Å². The molecule has 0 bridgehead atoms. The smallest absolute Gasteiger partial charge is 0.253 e. The zero-order valence-electron chi connectivity index (χ0n) is 9.08. The Kier molecular flexibility index (Phi) is 4.26. The molecule has 1 rings (SSSR count).